The van der Waals surface area contributed by atoms with Crippen LogP contribution < -0.4 is 0 Å². The lowest BCUT2D eigenvalue weighted by molar-refractivity contribution is 0.654. The van der Waals surface area contributed by atoms with Gasteiger partial charge in [-0.2, -0.15) is 0 Å². The summed E-state index contributed by atoms with van der Waals surface area (Å²) in [5.41, 5.74) is 2.91. The molecule has 0 spiro atoms. The van der Waals surface area contributed by atoms with Crippen LogP contribution in [-0.2, 0) is 0 Å². The lowest BCUT2D eigenvalue weighted by Gasteiger charge is -2.25. The molecule has 0 saturated heterocycles. The van der Waals surface area contributed by atoms with E-state index in [1.54, 1.807) is 0 Å². The molecule has 94 valence electrons. The Kier molecular flexibility index (Phi) is 5.95. The molecular formula is C16H16I2. The van der Waals surface area contributed by atoms with Crippen LogP contribution in [-0.4, -0.2) is 8.86 Å². The van der Waals surface area contributed by atoms with Gasteiger partial charge in [-0.15, -0.1) is 0 Å². The molecule has 0 aliphatic rings. The molecule has 2 heteroatoms. The molecule has 0 nitrogen and oxygen atoms in total. The van der Waals surface area contributed by atoms with E-state index in [4.69, 9.17) is 0 Å². The van der Waals surface area contributed by atoms with E-state index < -0.39 is 0 Å². The van der Waals surface area contributed by atoms with Crippen LogP contribution in [0.4, 0.5) is 0 Å². The molecule has 0 saturated carbocycles. The average Bonchev–Trinajstić information content (AvgIpc) is 2.46. The van der Waals surface area contributed by atoms with Gasteiger partial charge in [-0.05, 0) is 11.1 Å². The molecule has 2 rings (SSSR count). The standard InChI is InChI=1S/C16H16I2/c17-11-15(13-7-3-1-4-8-13)16(12-18)14-9-5-2-6-10-14/h1-10,15-16H,11-12H2. The minimum absolute atomic E-state index is 0.603. The maximum Gasteiger partial charge on any atom is 0.00704 e. The van der Waals surface area contributed by atoms with Crippen LogP contribution in [0.3, 0.4) is 0 Å². The van der Waals surface area contributed by atoms with Gasteiger partial charge in [0, 0.05) is 20.7 Å². The van der Waals surface area contributed by atoms with E-state index in [9.17, 15) is 0 Å². The van der Waals surface area contributed by atoms with Gasteiger partial charge in [0.1, 0.15) is 0 Å². The molecule has 0 aliphatic heterocycles. The third-order valence-corrected chi connectivity index (χ3v) is 5.17. The van der Waals surface area contributed by atoms with Crippen molar-refractivity contribution in [3.8, 4) is 0 Å². The minimum Gasteiger partial charge on any atom is -0.0857 e. The first-order valence-corrected chi connectivity index (χ1v) is 9.13. The van der Waals surface area contributed by atoms with Crippen molar-refractivity contribution in [2.24, 2.45) is 0 Å². The number of rotatable bonds is 5. The van der Waals surface area contributed by atoms with Crippen molar-refractivity contribution in [3.63, 3.8) is 0 Å². The van der Waals surface area contributed by atoms with Gasteiger partial charge in [-0.3, -0.25) is 0 Å². The van der Waals surface area contributed by atoms with Crippen LogP contribution in [0, 0.1) is 0 Å². The lowest BCUT2D eigenvalue weighted by atomic mass is 9.84. The zero-order valence-corrected chi connectivity index (χ0v) is 14.4. The van der Waals surface area contributed by atoms with Gasteiger partial charge < -0.3 is 0 Å². The van der Waals surface area contributed by atoms with Gasteiger partial charge in [0.25, 0.3) is 0 Å². The zero-order chi connectivity index (χ0) is 12.8. The Balaban J connectivity index is 2.31. The average molecular weight is 462 g/mol. The quantitative estimate of drug-likeness (QED) is 0.411. The van der Waals surface area contributed by atoms with E-state index in [0.29, 0.717) is 11.8 Å². The highest BCUT2D eigenvalue weighted by atomic mass is 127. The monoisotopic (exact) mass is 462 g/mol. The Hall–Kier alpha value is -0.100. The molecule has 0 bridgehead atoms. The number of alkyl halides is 2. The number of halogens is 2. The van der Waals surface area contributed by atoms with Gasteiger partial charge >= 0.3 is 0 Å². The Morgan fingerprint density at radius 2 is 0.944 bits per heavy atom. The number of hydrogen-bond acceptors (Lipinski definition) is 0. The largest absolute Gasteiger partial charge is 0.0857 e. The Morgan fingerprint density at radius 3 is 1.22 bits per heavy atom. The van der Waals surface area contributed by atoms with Crippen LogP contribution in [0.5, 0.6) is 0 Å². The van der Waals surface area contributed by atoms with E-state index in [1.807, 2.05) is 0 Å². The van der Waals surface area contributed by atoms with E-state index >= 15 is 0 Å². The van der Waals surface area contributed by atoms with E-state index in [-0.39, 0.29) is 0 Å². The topological polar surface area (TPSA) is 0 Å². The molecule has 2 aromatic carbocycles. The first-order valence-electron chi connectivity index (χ1n) is 6.08. The maximum atomic E-state index is 2.51. The normalized spacial score (nSPS) is 14.1. The third-order valence-electron chi connectivity index (χ3n) is 3.27. The Morgan fingerprint density at radius 1 is 0.611 bits per heavy atom. The summed E-state index contributed by atoms with van der Waals surface area (Å²) in [4.78, 5) is 0. The predicted octanol–water partition coefficient (Wildman–Crippen LogP) is 5.42. The van der Waals surface area contributed by atoms with Crippen LogP contribution in [0.25, 0.3) is 0 Å². The highest BCUT2D eigenvalue weighted by molar-refractivity contribution is 14.1. The fourth-order valence-electron chi connectivity index (χ4n) is 2.26. The lowest BCUT2D eigenvalue weighted by Crippen LogP contribution is -2.14. The van der Waals surface area contributed by atoms with Crippen molar-refractivity contribution in [3.05, 3.63) is 71.8 Å². The number of hydrogen-bond donors (Lipinski definition) is 0. The van der Waals surface area contributed by atoms with Crippen LogP contribution >= 0.6 is 45.2 Å². The smallest absolute Gasteiger partial charge is 0.00704 e. The van der Waals surface area contributed by atoms with Crippen molar-refractivity contribution in [1.82, 2.24) is 0 Å². The second-order valence-electron chi connectivity index (χ2n) is 4.34. The summed E-state index contributed by atoms with van der Waals surface area (Å²) in [6, 6.07) is 21.8. The molecule has 18 heavy (non-hydrogen) atoms. The van der Waals surface area contributed by atoms with Crippen LogP contribution in [0.15, 0.2) is 60.7 Å². The Labute approximate surface area is 136 Å². The SMILES string of the molecule is ICC(c1ccccc1)C(CI)c1ccccc1. The summed E-state index contributed by atoms with van der Waals surface area (Å²) in [5.74, 6) is 1.21. The molecule has 2 aromatic rings. The van der Waals surface area contributed by atoms with Gasteiger partial charge in [-0.1, -0.05) is 106 Å². The molecule has 0 fully saturated rings. The van der Waals surface area contributed by atoms with Crippen LogP contribution in [0.2, 0.25) is 0 Å². The predicted molar refractivity (Wildman–Crippen MR) is 96.1 cm³/mol. The fraction of sp³-hybridized carbons (Fsp3) is 0.250. The fourth-order valence-corrected chi connectivity index (χ4v) is 4.50. The maximum absolute atomic E-state index is 2.51. The molecule has 0 radical (unpaired) electrons. The molecule has 0 aliphatic carbocycles. The molecule has 0 N–H and O–H groups in total. The van der Waals surface area contributed by atoms with E-state index in [1.165, 1.54) is 11.1 Å². The Bertz CT molecular complexity index is 408. The molecule has 2 atom stereocenters. The summed E-state index contributed by atoms with van der Waals surface area (Å²) < 4.78 is 2.31. The molecule has 0 heterocycles. The van der Waals surface area contributed by atoms with Gasteiger partial charge in [-0.25, -0.2) is 0 Å². The van der Waals surface area contributed by atoms with Crippen molar-refractivity contribution >= 4 is 45.2 Å². The van der Waals surface area contributed by atoms with E-state index in [2.05, 4.69) is 106 Å². The second-order valence-corrected chi connectivity index (χ2v) is 6.10. The van der Waals surface area contributed by atoms with Gasteiger partial charge in [0.2, 0.25) is 0 Å². The minimum atomic E-state index is 0.603. The first-order chi connectivity index (χ1) is 8.86. The zero-order valence-electron chi connectivity index (χ0n) is 10.1. The third kappa shape index (κ3) is 3.47. The van der Waals surface area contributed by atoms with Crippen molar-refractivity contribution in [2.45, 2.75) is 11.8 Å². The molecule has 2 unspecified atom stereocenters. The summed E-state index contributed by atoms with van der Waals surface area (Å²) in [7, 11) is 0. The van der Waals surface area contributed by atoms with Crippen LogP contribution in [0.1, 0.15) is 23.0 Å². The summed E-state index contributed by atoms with van der Waals surface area (Å²) in [6.07, 6.45) is 0. The highest BCUT2D eigenvalue weighted by Gasteiger charge is 2.22. The molecular weight excluding hydrogens is 446 g/mol. The summed E-state index contributed by atoms with van der Waals surface area (Å²) >= 11 is 5.03. The summed E-state index contributed by atoms with van der Waals surface area (Å²) in [6.45, 7) is 0. The van der Waals surface area contributed by atoms with Crippen molar-refractivity contribution < 1.29 is 0 Å². The van der Waals surface area contributed by atoms with Gasteiger partial charge in [0.15, 0.2) is 0 Å². The first kappa shape index (κ1) is 14.3. The summed E-state index contributed by atoms with van der Waals surface area (Å²) in [5, 5.41) is 0. The van der Waals surface area contributed by atoms with E-state index in [0.717, 1.165) is 8.86 Å². The van der Waals surface area contributed by atoms with Gasteiger partial charge in [0.05, 0.1) is 0 Å². The number of benzene rings is 2. The van der Waals surface area contributed by atoms with Crippen molar-refractivity contribution in [1.29, 1.82) is 0 Å². The van der Waals surface area contributed by atoms with Crippen molar-refractivity contribution in [2.75, 3.05) is 8.86 Å². The molecule has 0 aromatic heterocycles. The molecule has 0 amide bonds. The second kappa shape index (κ2) is 7.48. The highest BCUT2D eigenvalue weighted by Crippen LogP contribution is 2.35.